The average molecular weight is 497 g/mol. The van der Waals surface area contributed by atoms with Crippen LogP contribution in [0.5, 0.6) is 11.5 Å². The van der Waals surface area contributed by atoms with Gasteiger partial charge in [-0.15, -0.1) is 0 Å². The zero-order chi connectivity index (χ0) is 19.2. The van der Waals surface area contributed by atoms with Crippen LogP contribution >= 0.6 is 20.8 Å². The molecule has 0 radical (unpaired) electrons. The average Bonchev–Trinajstić information content (AvgIpc) is 2.65. The van der Waals surface area contributed by atoms with Gasteiger partial charge in [0.2, 0.25) is 0 Å². The molecular formula is C19H26ClInN2O2S. The van der Waals surface area contributed by atoms with Crippen LogP contribution in [0, 0.1) is 0 Å². The molecule has 0 fully saturated rings. The van der Waals surface area contributed by atoms with Crippen LogP contribution in [0.4, 0.5) is 11.4 Å². The molecular weight excluding hydrogens is 471 g/mol. The molecule has 140 valence electrons. The molecule has 0 spiro atoms. The summed E-state index contributed by atoms with van der Waals surface area (Å²) in [5.41, 5.74) is 1.82. The second-order valence-corrected chi connectivity index (χ2v) is 12.1. The second kappa shape index (κ2) is 14.0. The van der Waals surface area contributed by atoms with Crippen LogP contribution in [-0.2, 0) is 0 Å². The Morgan fingerprint density at radius 1 is 0.846 bits per heavy atom. The van der Waals surface area contributed by atoms with E-state index in [0.717, 1.165) is 22.9 Å². The van der Waals surface area contributed by atoms with E-state index in [1.165, 1.54) is 4.18 Å². The van der Waals surface area contributed by atoms with Gasteiger partial charge in [-0.1, -0.05) is 0 Å². The van der Waals surface area contributed by atoms with Crippen molar-refractivity contribution in [3.63, 3.8) is 0 Å². The molecule has 0 aliphatic rings. The summed E-state index contributed by atoms with van der Waals surface area (Å²) in [5.74, 6) is 1.69. The van der Waals surface area contributed by atoms with Gasteiger partial charge < -0.3 is 20.1 Å². The number of benzene rings is 2. The van der Waals surface area contributed by atoms with Crippen molar-refractivity contribution in [1.82, 2.24) is 0 Å². The molecule has 0 aliphatic carbocycles. The van der Waals surface area contributed by atoms with E-state index < -0.39 is 21.7 Å². The fraction of sp³-hybridized carbons (Fsp3) is 0.316. The SMILES string of the molecule is CCOc1ccc(NC(=S)Nc2ccc(OCC)cc2)cc1.C[CH2][InH][Cl]. The van der Waals surface area contributed by atoms with Gasteiger partial charge >= 0.3 is 41.4 Å². The zero-order valence-corrected chi connectivity index (χ0v) is 21.2. The number of ether oxygens (including phenoxy) is 2. The molecule has 0 aromatic heterocycles. The molecule has 0 heterocycles. The van der Waals surface area contributed by atoms with Gasteiger partial charge in [-0.25, -0.2) is 0 Å². The van der Waals surface area contributed by atoms with Crippen molar-refractivity contribution >= 4 is 59.0 Å². The molecule has 2 aromatic carbocycles. The standard InChI is InChI=1S/C17H20N2O2S.C2H5.ClH.In.H/c1-3-20-15-9-5-13(6-10-15)18-17(22)19-14-7-11-16(12-8-14)21-4-2;1-2;;;/h5-12H,3-4H2,1-2H3,(H2,18,19,22);1H2,2H3;1H;;/q;;;+1;/p-1. The first-order valence-electron chi connectivity index (χ1n) is 8.72. The van der Waals surface area contributed by atoms with Gasteiger partial charge in [0.1, 0.15) is 11.5 Å². The second-order valence-electron chi connectivity index (χ2n) is 5.18. The summed E-state index contributed by atoms with van der Waals surface area (Å²) >= 11 is 4.74. The molecule has 2 rings (SSSR count). The van der Waals surface area contributed by atoms with Gasteiger partial charge in [0.05, 0.1) is 13.2 Å². The topological polar surface area (TPSA) is 42.5 Å². The van der Waals surface area contributed by atoms with E-state index in [-0.39, 0.29) is 0 Å². The van der Waals surface area contributed by atoms with Crippen molar-refractivity contribution in [2.75, 3.05) is 23.8 Å². The Hall–Kier alpha value is -1.11. The first kappa shape index (κ1) is 22.9. The molecule has 0 aliphatic heterocycles. The van der Waals surface area contributed by atoms with E-state index in [2.05, 4.69) is 17.6 Å². The van der Waals surface area contributed by atoms with Crippen molar-refractivity contribution in [2.45, 2.75) is 24.9 Å². The zero-order valence-electron chi connectivity index (χ0n) is 15.5. The van der Waals surface area contributed by atoms with Gasteiger partial charge in [0.15, 0.2) is 5.11 Å². The van der Waals surface area contributed by atoms with E-state index in [4.69, 9.17) is 30.3 Å². The van der Waals surface area contributed by atoms with Crippen molar-refractivity contribution < 1.29 is 9.47 Å². The minimum atomic E-state index is -0.562. The maximum absolute atomic E-state index is 5.40. The summed E-state index contributed by atoms with van der Waals surface area (Å²) in [6.45, 7) is 7.38. The predicted octanol–water partition coefficient (Wildman–Crippen LogP) is 5.31. The summed E-state index contributed by atoms with van der Waals surface area (Å²) in [5, 5.41) is 6.80. The molecule has 0 unspecified atom stereocenters. The van der Waals surface area contributed by atoms with Crippen molar-refractivity contribution in [3.8, 4) is 11.5 Å². The van der Waals surface area contributed by atoms with Gasteiger partial charge in [0.25, 0.3) is 0 Å². The first-order valence-corrected chi connectivity index (χ1v) is 17.1. The molecule has 7 heteroatoms. The Kier molecular flexibility index (Phi) is 12.4. The first-order chi connectivity index (χ1) is 12.6. The number of halogens is 1. The van der Waals surface area contributed by atoms with E-state index in [1.807, 2.05) is 62.4 Å². The molecule has 2 aromatic rings. The maximum atomic E-state index is 5.40. The molecule has 0 saturated heterocycles. The number of rotatable bonds is 7. The number of hydrogen-bond acceptors (Lipinski definition) is 3. The number of nitrogens with one attached hydrogen (secondary N) is 2. The van der Waals surface area contributed by atoms with E-state index >= 15 is 0 Å². The van der Waals surface area contributed by atoms with Gasteiger partial charge in [0, 0.05) is 11.4 Å². The summed E-state index contributed by atoms with van der Waals surface area (Å²) in [7, 11) is 5.40. The summed E-state index contributed by atoms with van der Waals surface area (Å²) in [4.78, 5) is 0. The van der Waals surface area contributed by atoms with Gasteiger partial charge in [-0.3, -0.25) is 0 Å². The van der Waals surface area contributed by atoms with E-state index in [1.54, 1.807) is 0 Å². The van der Waals surface area contributed by atoms with Crippen LogP contribution in [0.1, 0.15) is 20.8 Å². The third-order valence-electron chi connectivity index (χ3n) is 3.04. The van der Waals surface area contributed by atoms with Crippen LogP contribution in [0.15, 0.2) is 48.5 Å². The molecule has 0 amide bonds. The Labute approximate surface area is 176 Å². The van der Waals surface area contributed by atoms with Crippen LogP contribution in [0.25, 0.3) is 0 Å². The number of thiocarbonyl (C=S) groups is 1. The number of anilines is 2. The summed E-state index contributed by atoms with van der Waals surface area (Å²) < 4.78 is 12.1. The summed E-state index contributed by atoms with van der Waals surface area (Å²) in [6, 6.07) is 15.3. The fourth-order valence-corrected chi connectivity index (χ4v) is 2.13. The molecule has 0 atom stereocenters. The Morgan fingerprint density at radius 2 is 1.19 bits per heavy atom. The van der Waals surface area contributed by atoms with Crippen LogP contribution in [0.3, 0.4) is 0 Å². The molecule has 26 heavy (non-hydrogen) atoms. The van der Waals surface area contributed by atoms with E-state index in [9.17, 15) is 0 Å². The summed E-state index contributed by atoms with van der Waals surface area (Å²) in [6.07, 6.45) is 0. The molecule has 2 N–H and O–H groups in total. The fourth-order valence-electron chi connectivity index (χ4n) is 1.90. The van der Waals surface area contributed by atoms with Crippen LogP contribution in [0.2, 0.25) is 4.18 Å². The van der Waals surface area contributed by atoms with Crippen molar-refractivity contribution in [3.05, 3.63) is 48.5 Å². The molecule has 4 nitrogen and oxygen atoms in total. The van der Waals surface area contributed by atoms with Crippen molar-refractivity contribution in [1.29, 1.82) is 0 Å². The van der Waals surface area contributed by atoms with Crippen LogP contribution < -0.4 is 20.1 Å². The molecule has 0 saturated carbocycles. The quantitative estimate of drug-likeness (QED) is 0.509. The van der Waals surface area contributed by atoms with E-state index in [0.29, 0.717) is 18.3 Å². The number of hydrogen-bond donors (Lipinski definition) is 2. The van der Waals surface area contributed by atoms with Gasteiger partial charge in [-0.05, 0) is 74.6 Å². The monoisotopic (exact) mass is 496 g/mol. The Balaban J connectivity index is 0.000000765. The minimum absolute atomic E-state index is 0.535. The predicted molar refractivity (Wildman–Crippen MR) is 119 cm³/mol. The normalized spacial score (nSPS) is 9.38. The molecule has 0 bridgehead atoms. The third-order valence-corrected chi connectivity index (χ3v) is 6.85. The Bertz CT molecular complexity index is 583. The Morgan fingerprint density at radius 3 is 1.46 bits per heavy atom. The van der Waals surface area contributed by atoms with Crippen LogP contribution in [-0.4, -0.2) is 40.0 Å². The van der Waals surface area contributed by atoms with Crippen molar-refractivity contribution in [2.24, 2.45) is 0 Å². The van der Waals surface area contributed by atoms with Gasteiger partial charge in [-0.2, -0.15) is 0 Å². The third kappa shape index (κ3) is 9.55.